The Morgan fingerprint density at radius 1 is 1.20 bits per heavy atom. The molecule has 1 aromatic heterocycles. The van der Waals surface area contributed by atoms with Crippen LogP contribution in [0.3, 0.4) is 0 Å². The molecule has 0 aromatic carbocycles. The summed E-state index contributed by atoms with van der Waals surface area (Å²) in [5, 5.41) is 13.3. The van der Waals surface area contributed by atoms with Crippen molar-refractivity contribution in [2.45, 2.75) is 56.8 Å². The third-order valence-electron chi connectivity index (χ3n) is 4.59. The van der Waals surface area contributed by atoms with Gasteiger partial charge in [0.2, 0.25) is 0 Å². The summed E-state index contributed by atoms with van der Waals surface area (Å²) in [6.45, 7) is 3.33. The zero-order valence-corrected chi connectivity index (χ0v) is 12.0. The molecule has 2 fully saturated rings. The predicted molar refractivity (Wildman–Crippen MR) is 79.3 cm³/mol. The first-order valence-corrected chi connectivity index (χ1v) is 7.85. The third-order valence-corrected chi connectivity index (χ3v) is 4.59. The lowest BCUT2D eigenvalue weighted by atomic mass is 10.0. The molecule has 1 aliphatic heterocycles. The Kier molecular flexibility index (Phi) is 4.65. The van der Waals surface area contributed by atoms with Crippen LogP contribution in [0.2, 0.25) is 0 Å². The molecule has 1 aliphatic carbocycles. The molecule has 2 aliphatic rings. The number of rotatable bonds is 4. The van der Waals surface area contributed by atoms with E-state index in [0.29, 0.717) is 12.1 Å². The molecule has 0 amide bonds. The number of aromatic nitrogens is 1. The maximum absolute atomic E-state index is 9.58. The highest BCUT2D eigenvalue weighted by Gasteiger charge is 2.26. The molecule has 2 N–H and O–H groups in total. The third kappa shape index (κ3) is 3.78. The van der Waals surface area contributed by atoms with Gasteiger partial charge in [-0.1, -0.05) is 6.07 Å². The van der Waals surface area contributed by atoms with Crippen LogP contribution in [0.4, 0.5) is 0 Å². The van der Waals surface area contributed by atoms with Crippen molar-refractivity contribution < 1.29 is 5.11 Å². The second-order valence-corrected chi connectivity index (χ2v) is 6.24. The van der Waals surface area contributed by atoms with Crippen molar-refractivity contribution in [3.63, 3.8) is 0 Å². The Hall–Kier alpha value is -0.970. The number of nitrogens with one attached hydrogen (secondary N) is 1. The van der Waals surface area contributed by atoms with Gasteiger partial charge in [0.25, 0.3) is 0 Å². The second-order valence-electron chi connectivity index (χ2n) is 6.24. The largest absolute Gasteiger partial charge is 0.393 e. The summed E-state index contributed by atoms with van der Waals surface area (Å²) in [7, 11) is 0. The van der Waals surface area contributed by atoms with Crippen LogP contribution < -0.4 is 5.32 Å². The lowest BCUT2D eigenvalue weighted by Crippen LogP contribution is -2.45. The molecule has 2 heterocycles. The number of aliphatic hydroxyl groups is 1. The summed E-state index contributed by atoms with van der Waals surface area (Å²) in [6.07, 6.45) is 9.20. The normalized spacial score (nSPS) is 28.9. The molecule has 110 valence electrons. The van der Waals surface area contributed by atoms with Gasteiger partial charge in [0.05, 0.1) is 6.10 Å². The van der Waals surface area contributed by atoms with Crippen molar-refractivity contribution in [3.8, 4) is 0 Å². The molecule has 0 unspecified atom stereocenters. The summed E-state index contributed by atoms with van der Waals surface area (Å²) < 4.78 is 0. The highest BCUT2D eigenvalue weighted by atomic mass is 16.3. The number of aliphatic hydroxyl groups excluding tert-OH is 1. The molecule has 4 nitrogen and oxygen atoms in total. The maximum Gasteiger partial charge on any atom is 0.0555 e. The number of hydrogen-bond donors (Lipinski definition) is 2. The van der Waals surface area contributed by atoms with Gasteiger partial charge in [-0.05, 0) is 56.8 Å². The van der Waals surface area contributed by atoms with Crippen LogP contribution in [-0.4, -0.2) is 46.3 Å². The van der Waals surface area contributed by atoms with E-state index in [-0.39, 0.29) is 6.10 Å². The Morgan fingerprint density at radius 3 is 2.70 bits per heavy atom. The van der Waals surface area contributed by atoms with Gasteiger partial charge in [0, 0.05) is 31.0 Å². The Balaban J connectivity index is 1.41. The number of piperidine rings is 1. The van der Waals surface area contributed by atoms with Crippen LogP contribution in [0.1, 0.15) is 37.7 Å². The van der Waals surface area contributed by atoms with E-state index >= 15 is 0 Å². The molecule has 0 radical (unpaired) electrons. The molecular formula is C16H25N3O. The smallest absolute Gasteiger partial charge is 0.0555 e. The van der Waals surface area contributed by atoms with E-state index in [1.165, 1.54) is 18.4 Å². The molecular weight excluding hydrogens is 250 g/mol. The molecule has 2 atom stereocenters. The Labute approximate surface area is 121 Å². The monoisotopic (exact) mass is 275 g/mol. The summed E-state index contributed by atoms with van der Waals surface area (Å²) in [5.74, 6) is 0. The van der Waals surface area contributed by atoms with Gasteiger partial charge in [-0.25, -0.2) is 0 Å². The molecule has 0 bridgehead atoms. The van der Waals surface area contributed by atoms with E-state index in [2.05, 4.69) is 21.3 Å². The minimum atomic E-state index is -0.0711. The van der Waals surface area contributed by atoms with E-state index in [1.54, 1.807) is 0 Å². The fourth-order valence-corrected chi connectivity index (χ4v) is 3.45. The topological polar surface area (TPSA) is 48.4 Å². The van der Waals surface area contributed by atoms with Gasteiger partial charge < -0.3 is 10.4 Å². The van der Waals surface area contributed by atoms with Crippen molar-refractivity contribution in [1.29, 1.82) is 0 Å². The SMILES string of the molecule is O[C@@H]1CC[C@H](NC2CCN(Cc3cccnc3)CC2)C1. The summed E-state index contributed by atoms with van der Waals surface area (Å²) in [4.78, 5) is 6.69. The van der Waals surface area contributed by atoms with Crippen LogP contribution in [-0.2, 0) is 6.54 Å². The number of pyridine rings is 1. The summed E-state index contributed by atoms with van der Waals surface area (Å²) >= 11 is 0. The minimum Gasteiger partial charge on any atom is -0.393 e. The van der Waals surface area contributed by atoms with Gasteiger partial charge in [-0.2, -0.15) is 0 Å². The van der Waals surface area contributed by atoms with Crippen molar-refractivity contribution >= 4 is 0 Å². The van der Waals surface area contributed by atoms with Crippen LogP contribution in [0.5, 0.6) is 0 Å². The fourth-order valence-electron chi connectivity index (χ4n) is 3.45. The van der Waals surface area contributed by atoms with Crippen LogP contribution in [0.15, 0.2) is 24.5 Å². The van der Waals surface area contributed by atoms with Crippen molar-refractivity contribution in [3.05, 3.63) is 30.1 Å². The highest BCUT2D eigenvalue weighted by molar-refractivity contribution is 5.08. The molecule has 4 heteroatoms. The van der Waals surface area contributed by atoms with Gasteiger partial charge >= 0.3 is 0 Å². The second kappa shape index (κ2) is 6.66. The lowest BCUT2D eigenvalue weighted by molar-refractivity contribution is 0.168. The van der Waals surface area contributed by atoms with Gasteiger partial charge in [-0.3, -0.25) is 9.88 Å². The van der Waals surface area contributed by atoms with Crippen LogP contribution in [0.25, 0.3) is 0 Å². The Bertz CT molecular complexity index is 403. The standard InChI is InChI=1S/C16H25N3O/c20-16-4-3-15(10-16)18-14-5-8-19(9-6-14)12-13-2-1-7-17-11-13/h1-2,7,11,14-16,18,20H,3-6,8-10,12H2/t15-,16+/m0/s1. The van der Waals surface area contributed by atoms with E-state index in [0.717, 1.165) is 38.9 Å². The van der Waals surface area contributed by atoms with Crippen LogP contribution in [0, 0.1) is 0 Å². The lowest BCUT2D eigenvalue weighted by Gasteiger charge is -2.33. The molecule has 1 aromatic rings. The molecule has 3 rings (SSSR count). The molecule has 0 spiro atoms. The zero-order valence-electron chi connectivity index (χ0n) is 12.0. The number of hydrogen-bond acceptors (Lipinski definition) is 4. The highest BCUT2D eigenvalue weighted by Crippen LogP contribution is 2.21. The van der Waals surface area contributed by atoms with Crippen molar-refractivity contribution in [2.24, 2.45) is 0 Å². The van der Waals surface area contributed by atoms with Crippen molar-refractivity contribution in [1.82, 2.24) is 15.2 Å². The van der Waals surface area contributed by atoms with Crippen molar-refractivity contribution in [2.75, 3.05) is 13.1 Å². The molecule has 1 saturated carbocycles. The summed E-state index contributed by atoms with van der Waals surface area (Å²) in [5.41, 5.74) is 1.30. The van der Waals surface area contributed by atoms with E-state index in [9.17, 15) is 5.11 Å². The predicted octanol–water partition coefficient (Wildman–Crippen LogP) is 1.55. The minimum absolute atomic E-state index is 0.0711. The first-order valence-electron chi connectivity index (χ1n) is 7.85. The van der Waals surface area contributed by atoms with E-state index in [1.807, 2.05) is 18.5 Å². The Morgan fingerprint density at radius 2 is 2.05 bits per heavy atom. The van der Waals surface area contributed by atoms with Gasteiger partial charge in [-0.15, -0.1) is 0 Å². The average molecular weight is 275 g/mol. The summed E-state index contributed by atoms with van der Waals surface area (Å²) in [6, 6.07) is 5.34. The van der Waals surface area contributed by atoms with E-state index < -0.39 is 0 Å². The quantitative estimate of drug-likeness (QED) is 0.875. The number of nitrogens with zero attached hydrogens (tertiary/aromatic N) is 2. The molecule has 20 heavy (non-hydrogen) atoms. The maximum atomic E-state index is 9.58. The first kappa shape index (κ1) is 14.0. The zero-order chi connectivity index (χ0) is 13.8. The van der Waals surface area contributed by atoms with Crippen LogP contribution >= 0.6 is 0 Å². The van der Waals surface area contributed by atoms with Gasteiger partial charge in [0.1, 0.15) is 0 Å². The number of likely N-dealkylation sites (tertiary alicyclic amines) is 1. The van der Waals surface area contributed by atoms with Gasteiger partial charge in [0.15, 0.2) is 0 Å². The average Bonchev–Trinajstić information content (AvgIpc) is 2.88. The molecule has 1 saturated heterocycles. The first-order chi connectivity index (χ1) is 9.79. The fraction of sp³-hybridized carbons (Fsp3) is 0.688. The van der Waals surface area contributed by atoms with E-state index in [4.69, 9.17) is 0 Å².